The number of carbonyl (C=O) groups excluding carboxylic acids is 1. The molecule has 0 unspecified atom stereocenters. The molecule has 0 radical (unpaired) electrons. The molecular weight excluding hydrogens is 390 g/mol. The van der Waals surface area contributed by atoms with Crippen LogP contribution in [0.4, 0.5) is 0 Å². The molecule has 5 atom stereocenters. The van der Waals surface area contributed by atoms with E-state index in [2.05, 4.69) is 17.2 Å². The number of rotatable bonds is 7. The van der Waals surface area contributed by atoms with Crippen molar-refractivity contribution in [2.45, 2.75) is 37.4 Å². The summed E-state index contributed by atoms with van der Waals surface area (Å²) in [7, 11) is 0. The first-order chi connectivity index (χ1) is 13.3. The largest absolute Gasteiger partial charge is 0.478 e. The Balaban J connectivity index is 2.24. The number of hydrogen-bond donors (Lipinski definition) is 5. The van der Waals surface area contributed by atoms with Gasteiger partial charge < -0.3 is 35.2 Å². The van der Waals surface area contributed by atoms with Crippen LogP contribution in [0, 0.1) is 11.8 Å². The predicted molar refractivity (Wildman–Crippen MR) is 98.2 cm³/mol. The van der Waals surface area contributed by atoms with Crippen LogP contribution < -0.4 is 5.32 Å². The number of carboxylic acid groups (broad SMARTS) is 1. The van der Waals surface area contributed by atoms with Crippen LogP contribution in [0.1, 0.15) is 11.8 Å². The number of hydrogen-bond acceptors (Lipinski definition) is 8. The fourth-order valence-corrected chi connectivity index (χ4v) is 3.18. The highest BCUT2D eigenvalue weighted by atomic mass is 32.1. The highest BCUT2D eigenvalue weighted by molar-refractivity contribution is 7.10. The van der Waals surface area contributed by atoms with Crippen LogP contribution in [0.3, 0.4) is 0 Å². The minimum atomic E-state index is -1.67. The standard InChI is InChI=1S/C18H21NO8S/c1-10(21)19-15-13(26-6-2-4-11-5-3-7-28-11)8-14(18(24)25)27-17(15)16(23)12(22)9-20/h3,5,7-8,12-13,15-17,20,22-23H,6,9H2,1H3,(H,19,21)(H,24,25)/t12-,13-,15-,16-,17+/m1/s1. The molecule has 0 aliphatic carbocycles. The summed E-state index contributed by atoms with van der Waals surface area (Å²) in [4.78, 5) is 23.8. The highest BCUT2D eigenvalue weighted by Crippen LogP contribution is 2.24. The third-order valence-electron chi connectivity index (χ3n) is 3.87. The fraction of sp³-hybridized carbons (Fsp3) is 0.444. The quantitative estimate of drug-likeness (QED) is 0.362. The normalized spacial score (nSPS) is 23.4. The van der Waals surface area contributed by atoms with E-state index < -0.39 is 54.7 Å². The molecule has 10 heteroatoms. The van der Waals surface area contributed by atoms with Crippen molar-refractivity contribution in [3.8, 4) is 11.8 Å². The number of aliphatic carboxylic acids is 1. The summed E-state index contributed by atoms with van der Waals surface area (Å²) < 4.78 is 10.9. The van der Waals surface area contributed by atoms with Crippen molar-refractivity contribution < 1.29 is 39.5 Å². The van der Waals surface area contributed by atoms with Crippen LogP contribution in [0.15, 0.2) is 29.3 Å². The molecule has 0 fully saturated rings. The molecule has 2 heterocycles. The van der Waals surface area contributed by atoms with E-state index in [0.29, 0.717) is 0 Å². The Bertz CT molecular complexity index is 766. The van der Waals surface area contributed by atoms with Crippen LogP contribution in [0.25, 0.3) is 0 Å². The van der Waals surface area contributed by atoms with Gasteiger partial charge in [0.05, 0.1) is 17.5 Å². The lowest BCUT2D eigenvalue weighted by atomic mass is 9.93. The van der Waals surface area contributed by atoms with E-state index in [1.807, 2.05) is 17.5 Å². The number of nitrogens with one attached hydrogen (secondary N) is 1. The Kier molecular flexibility index (Phi) is 7.98. The highest BCUT2D eigenvalue weighted by Gasteiger charge is 2.44. The van der Waals surface area contributed by atoms with Gasteiger partial charge >= 0.3 is 5.97 Å². The van der Waals surface area contributed by atoms with Crippen molar-refractivity contribution in [1.29, 1.82) is 0 Å². The molecular formula is C18H21NO8S. The maximum atomic E-state index is 11.6. The molecule has 1 aromatic rings. The molecule has 1 aliphatic rings. The molecule has 0 bridgehead atoms. The van der Waals surface area contributed by atoms with Crippen LogP contribution >= 0.6 is 11.3 Å². The second-order valence-corrected chi connectivity index (χ2v) is 6.89. The predicted octanol–water partition coefficient (Wildman–Crippen LogP) is -0.929. The monoisotopic (exact) mass is 411 g/mol. The lowest BCUT2D eigenvalue weighted by molar-refractivity contribution is -0.151. The molecule has 2 rings (SSSR count). The smallest absolute Gasteiger partial charge is 0.370 e. The molecule has 0 saturated carbocycles. The molecule has 1 aromatic heterocycles. The molecule has 5 N–H and O–H groups in total. The van der Waals surface area contributed by atoms with E-state index in [0.717, 1.165) is 11.0 Å². The number of carbonyl (C=O) groups is 2. The Morgan fingerprint density at radius 3 is 2.75 bits per heavy atom. The van der Waals surface area contributed by atoms with Crippen LogP contribution in [-0.2, 0) is 19.1 Å². The summed E-state index contributed by atoms with van der Waals surface area (Å²) in [5.41, 5.74) is 0. The van der Waals surface area contributed by atoms with E-state index in [4.69, 9.17) is 14.6 Å². The van der Waals surface area contributed by atoms with Crippen molar-refractivity contribution in [1.82, 2.24) is 5.32 Å². The first-order valence-electron chi connectivity index (χ1n) is 8.33. The molecule has 9 nitrogen and oxygen atoms in total. The van der Waals surface area contributed by atoms with Gasteiger partial charge in [-0.15, -0.1) is 11.3 Å². The van der Waals surface area contributed by atoms with Gasteiger partial charge in [-0.25, -0.2) is 4.79 Å². The molecule has 0 saturated heterocycles. The molecule has 1 amide bonds. The third kappa shape index (κ3) is 5.79. The van der Waals surface area contributed by atoms with E-state index in [-0.39, 0.29) is 6.61 Å². The first kappa shape index (κ1) is 21.9. The van der Waals surface area contributed by atoms with Gasteiger partial charge in [0, 0.05) is 6.92 Å². The first-order valence-corrected chi connectivity index (χ1v) is 9.21. The van der Waals surface area contributed by atoms with Gasteiger partial charge in [0.2, 0.25) is 11.7 Å². The fourth-order valence-electron chi connectivity index (χ4n) is 2.59. The van der Waals surface area contributed by atoms with Crippen molar-refractivity contribution >= 4 is 23.2 Å². The van der Waals surface area contributed by atoms with E-state index in [1.54, 1.807) is 0 Å². The zero-order chi connectivity index (χ0) is 20.7. The zero-order valence-corrected chi connectivity index (χ0v) is 15.8. The Hall–Kier alpha value is -2.42. The molecule has 0 aromatic carbocycles. The van der Waals surface area contributed by atoms with E-state index >= 15 is 0 Å². The molecule has 1 aliphatic heterocycles. The van der Waals surface area contributed by atoms with Crippen LogP contribution in [0.5, 0.6) is 0 Å². The van der Waals surface area contributed by atoms with Gasteiger partial charge in [-0.3, -0.25) is 4.79 Å². The van der Waals surface area contributed by atoms with Gasteiger partial charge in [0.15, 0.2) is 6.10 Å². The summed E-state index contributed by atoms with van der Waals surface area (Å²) in [6.45, 7) is 0.376. The number of thiophene rings is 1. The van der Waals surface area contributed by atoms with Crippen LogP contribution in [0.2, 0.25) is 0 Å². The summed E-state index contributed by atoms with van der Waals surface area (Å²) >= 11 is 1.45. The Morgan fingerprint density at radius 1 is 1.43 bits per heavy atom. The maximum absolute atomic E-state index is 11.6. The van der Waals surface area contributed by atoms with Crippen molar-refractivity contribution in [2.24, 2.45) is 0 Å². The lowest BCUT2D eigenvalue weighted by Crippen LogP contribution is -2.60. The van der Waals surface area contributed by atoms with Gasteiger partial charge in [-0.05, 0) is 17.5 Å². The maximum Gasteiger partial charge on any atom is 0.370 e. The average molecular weight is 411 g/mol. The van der Waals surface area contributed by atoms with Gasteiger partial charge in [-0.1, -0.05) is 17.9 Å². The van der Waals surface area contributed by atoms with E-state index in [1.165, 1.54) is 18.3 Å². The lowest BCUT2D eigenvalue weighted by Gasteiger charge is -2.39. The Morgan fingerprint density at radius 2 is 2.18 bits per heavy atom. The summed E-state index contributed by atoms with van der Waals surface area (Å²) in [6.07, 6.45) is -4.48. The van der Waals surface area contributed by atoms with Crippen molar-refractivity contribution in [3.05, 3.63) is 34.2 Å². The van der Waals surface area contributed by atoms with Gasteiger partial charge in [0.1, 0.15) is 24.9 Å². The third-order valence-corrected chi connectivity index (χ3v) is 4.65. The SMILES string of the molecule is CC(=O)N[C@H]1[C@@H]([C@H](O)[C@H](O)CO)OC(C(=O)O)=C[C@H]1OCC#Cc1cccs1. The number of amides is 1. The van der Waals surface area contributed by atoms with Gasteiger partial charge in [0.25, 0.3) is 0 Å². The van der Waals surface area contributed by atoms with E-state index in [9.17, 15) is 24.9 Å². The summed E-state index contributed by atoms with van der Waals surface area (Å²) in [5, 5.41) is 42.7. The molecule has 0 spiro atoms. The zero-order valence-electron chi connectivity index (χ0n) is 14.9. The molecule has 152 valence electrons. The number of ether oxygens (including phenoxy) is 2. The second kappa shape index (κ2) is 10.2. The minimum absolute atomic E-state index is 0.0760. The van der Waals surface area contributed by atoms with Crippen molar-refractivity contribution in [2.75, 3.05) is 13.2 Å². The summed E-state index contributed by atoms with van der Waals surface area (Å²) in [5.74, 6) is 3.28. The Labute approximate surface area is 165 Å². The molecule has 28 heavy (non-hydrogen) atoms. The van der Waals surface area contributed by atoms with Crippen molar-refractivity contribution in [3.63, 3.8) is 0 Å². The minimum Gasteiger partial charge on any atom is -0.478 e. The second-order valence-electron chi connectivity index (χ2n) is 5.94. The number of aliphatic hydroxyl groups excluding tert-OH is 3. The summed E-state index contributed by atoms with van der Waals surface area (Å²) in [6, 6.07) is 2.67. The topological polar surface area (TPSA) is 146 Å². The van der Waals surface area contributed by atoms with Crippen LogP contribution in [-0.4, -0.2) is 76.0 Å². The average Bonchev–Trinajstić information content (AvgIpc) is 3.17. The number of carboxylic acids is 1. The number of aliphatic hydroxyl groups is 3. The van der Waals surface area contributed by atoms with Gasteiger partial charge in [-0.2, -0.15) is 0 Å².